The number of aliphatic hydroxyl groups is 1. The van der Waals surface area contributed by atoms with Crippen molar-refractivity contribution in [2.24, 2.45) is 10.1 Å². The van der Waals surface area contributed by atoms with Crippen molar-refractivity contribution in [3.63, 3.8) is 0 Å². The van der Waals surface area contributed by atoms with Gasteiger partial charge in [0.2, 0.25) is 5.90 Å². The minimum absolute atomic E-state index is 0.0387. The molecule has 13 nitrogen and oxygen atoms in total. The third-order valence-electron chi connectivity index (χ3n) is 7.31. The quantitative estimate of drug-likeness (QED) is 0.0509. The van der Waals surface area contributed by atoms with E-state index in [1.807, 2.05) is 48.5 Å². The molecule has 3 aromatic carbocycles. The highest BCUT2D eigenvalue weighted by atomic mass is 16.7. The zero-order chi connectivity index (χ0) is 32.1. The lowest BCUT2D eigenvalue weighted by atomic mass is 9.81. The van der Waals surface area contributed by atoms with E-state index < -0.39 is 23.8 Å². The normalized spacial score (nSPS) is 17.3. The summed E-state index contributed by atoms with van der Waals surface area (Å²) in [5.41, 5.74) is 16.0. The first-order chi connectivity index (χ1) is 22.0. The van der Waals surface area contributed by atoms with Crippen molar-refractivity contribution >= 4 is 11.8 Å². The molecular formula is C32H38N6O7. The highest BCUT2D eigenvalue weighted by molar-refractivity contribution is 6.01. The highest BCUT2D eigenvalue weighted by Crippen LogP contribution is 2.43. The van der Waals surface area contributed by atoms with Crippen LogP contribution in [0.25, 0.3) is 10.4 Å². The van der Waals surface area contributed by atoms with Crippen LogP contribution >= 0.6 is 0 Å². The Morgan fingerprint density at radius 3 is 2.51 bits per heavy atom. The van der Waals surface area contributed by atoms with Crippen molar-refractivity contribution in [1.82, 2.24) is 10.9 Å². The zero-order valence-electron chi connectivity index (χ0n) is 25.5. The second kappa shape index (κ2) is 16.4. The van der Waals surface area contributed by atoms with E-state index in [1.54, 1.807) is 31.4 Å². The van der Waals surface area contributed by atoms with Crippen molar-refractivity contribution in [3.05, 3.63) is 105 Å². The minimum Gasteiger partial charge on any atom is -0.497 e. The summed E-state index contributed by atoms with van der Waals surface area (Å²) >= 11 is 0. The maximum atomic E-state index is 14.4. The molecule has 1 aliphatic heterocycles. The van der Waals surface area contributed by atoms with Gasteiger partial charge < -0.3 is 28.8 Å². The molecule has 45 heavy (non-hydrogen) atoms. The number of rotatable bonds is 17. The van der Waals surface area contributed by atoms with Gasteiger partial charge >= 0.3 is 0 Å². The van der Waals surface area contributed by atoms with Gasteiger partial charge in [-0.25, -0.2) is 10.4 Å². The molecule has 13 heteroatoms. The smallest absolute Gasteiger partial charge is 0.266 e. The van der Waals surface area contributed by atoms with Crippen molar-refractivity contribution in [2.75, 3.05) is 41.1 Å². The molecule has 1 aliphatic rings. The molecule has 4 rings (SSSR count). The number of carbonyl (C=O) groups excluding carboxylic acids is 1. The molecule has 0 fully saturated rings. The van der Waals surface area contributed by atoms with E-state index in [2.05, 4.69) is 20.9 Å². The molecule has 3 aromatic rings. The average molecular weight is 619 g/mol. The molecule has 0 radical (unpaired) electrons. The second-order valence-corrected chi connectivity index (χ2v) is 10.1. The summed E-state index contributed by atoms with van der Waals surface area (Å²) in [5, 5.41) is 12.8. The summed E-state index contributed by atoms with van der Waals surface area (Å²) < 4.78 is 28.2. The maximum Gasteiger partial charge on any atom is 0.266 e. The van der Waals surface area contributed by atoms with Crippen molar-refractivity contribution in [1.29, 1.82) is 0 Å². The molecule has 0 aliphatic carbocycles. The first kappa shape index (κ1) is 33.2. The molecule has 0 saturated carbocycles. The van der Waals surface area contributed by atoms with Crippen LogP contribution in [0.2, 0.25) is 0 Å². The molecule has 1 heterocycles. The summed E-state index contributed by atoms with van der Waals surface area (Å²) in [6, 6.07) is 21.9. The highest BCUT2D eigenvalue weighted by Gasteiger charge is 2.53. The number of benzene rings is 3. The fourth-order valence-corrected chi connectivity index (χ4v) is 4.96. The van der Waals surface area contributed by atoms with Crippen LogP contribution < -0.4 is 20.3 Å². The van der Waals surface area contributed by atoms with Crippen LogP contribution in [0.4, 0.5) is 0 Å². The Morgan fingerprint density at radius 2 is 1.82 bits per heavy atom. The molecule has 2 atom stereocenters. The van der Waals surface area contributed by atoms with Crippen LogP contribution in [0.3, 0.4) is 0 Å². The standard InChI is InChI=1S/C32H38N6O7/c1-41-27-11-6-10-23(18-27)29-32(31(40)37-34-21-28(42-2)43-3,19-24-8-4-5-9-25(24)20-35-38-33)36-30(45-29)22-12-14-26(15-13-22)44-17-7-16-39/h4-6,8-15,18,28-29,34,39H,7,16-17,19-21H2,1-3H3,(H,37,40)/t29-,32-/m0/s1. The number of hydrogen-bond donors (Lipinski definition) is 3. The van der Waals surface area contributed by atoms with Crippen LogP contribution in [0, 0.1) is 0 Å². The predicted octanol–water partition coefficient (Wildman–Crippen LogP) is 4.01. The van der Waals surface area contributed by atoms with Crippen LogP contribution in [-0.4, -0.2) is 69.8 Å². The average Bonchev–Trinajstić information content (AvgIpc) is 3.47. The van der Waals surface area contributed by atoms with Crippen molar-refractivity contribution in [2.45, 2.75) is 37.3 Å². The monoisotopic (exact) mass is 618 g/mol. The van der Waals surface area contributed by atoms with E-state index in [9.17, 15) is 4.79 Å². The fraction of sp³-hybridized carbons (Fsp3) is 0.375. The van der Waals surface area contributed by atoms with Gasteiger partial charge in [-0.15, -0.1) is 0 Å². The van der Waals surface area contributed by atoms with Gasteiger partial charge in [0.15, 0.2) is 17.9 Å². The molecule has 0 spiro atoms. The fourth-order valence-electron chi connectivity index (χ4n) is 4.96. The third-order valence-corrected chi connectivity index (χ3v) is 7.31. The van der Waals surface area contributed by atoms with Gasteiger partial charge in [-0.05, 0) is 58.6 Å². The van der Waals surface area contributed by atoms with E-state index in [0.717, 1.165) is 11.1 Å². The van der Waals surface area contributed by atoms with E-state index in [1.165, 1.54) is 14.2 Å². The first-order valence-electron chi connectivity index (χ1n) is 14.4. The number of hydrogen-bond acceptors (Lipinski definition) is 10. The Bertz CT molecular complexity index is 1490. The Balaban J connectivity index is 1.81. The molecule has 0 saturated heterocycles. The topological polar surface area (TPSA) is 169 Å². The van der Waals surface area contributed by atoms with Crippen molar-refractivity contribution in [3.8, 4) is 11.5 Å². The summed E-state index contributed by atoms with van der Waals surface area (Å²) in [5.74, 6) is 1.02. The summed E-state index contributed by atoms with van der Waals surface area (Å²) in [6.07, 6.45) is -0.846. The number of amides is 1. The summed E-state index contributed by atoms with van der Waals surface area (Å²) in [6.45, 7) is 0.687. The Kier molecular flexibility index (Phi) is 12.1. The Labute approximate surface area is 261 Å². The minimum atomic E-state index is -1.52. The molecule has 0 aromatic heterocycles. The van der Waals surface area contributed by atoms with E-state index in [4.69, 9.17) is 39.3 Å². The Hall–Kier alpha value is -4.65. The molecular weight excluding hydrogens is 580 g/mol. The SMILES string of the molecule is COc1cccc([C@@H]2OC(c3ccc(OCCCO)cc3)=N[C@]2(Cc2ccccc2CN=[N+]=[N-])C(=O)NNCC(OC)OC)c1. The lowest BCUT2D eigenvalue weighted by Crippen LogP contribution is -2.55. The van der Waals surface area contributed by atoms with Gasteiger partial charge in [0.1, 0.15) is 11.5 Å². The number of aliphatic hydroxyl groups excluding tert-OH is 1. The number of methoxy groups -OCH3 is 3. The number of hydrazine groups is 1. The van der Waals surface area contributed by atoms with Crippen LogP contribution in [0.1, 0.15) is 34.8 Å². The van der Waals surface area contributed by atoms with Gasteiger partial charge in [0.05, 0.1) is 26.8 Å². The predicted molar refractivity (Wildman–Crippen MR) is 167 cm³/mol. The van der Waals surface area contributed by atoms with Gasteiger partial charge in [0.25, 0.3) is 5.91 Å². The Morgan fingerprint density at radius 1 is 1.07 bits per heavy atom. The summed E-state index contributed by atoms with van der Waals surface area (Å²) in [4.78, 5) is 22.3. The number of carbonyl (C=O) groups is 1. The third kappa shape index (κ3) is 8.29. The maximum absolute atomic E-state index is 14.4. The molecule has 0 bridgehead atoms. The van der Waals surface area contributed by atoms with Crippen LogP contribution in [0.5, 0.6) is 11.5 Å². The van der Waals surface area contributed by atoms with E-state index >= 15 is 0 Å². The molecule has 0 unspecified atom stereocenters. The molecule has 1 amide bonds. The van der Waals surface area contributed by atoms with Gasteiger partial charge in [-0.3, -0.25) is 10.2 Å². The van der Waals surface area contributed by atoms with Crippen molar-refractivity contribution < 1.29 is 33.6 Å². The van der Waals surface area contributed by atoms with Crippen LogP contribution in [0.15, 0.2) is 82.9 Å². The lowest BCUT2D eigenvalue weighted by Gasteiger charge is -2.31. The lowest BCUT2D eigenvalue weighted by molar-refractivity contribution is -0.131. The van der Waals surface area contributed by atoms with Crippen LogP contribution in [-0.2, 0) is 32.0 Å². The number of nitrogens with one attached hydrogen (secondary N) is 2. The van der Waals surface area contributed by atoms with Gasteiger partial charge in [-0.1, -0.05) is 41.5 Å². The first-order valence-corrected chi connectivity index (χ1v) is 14.4. The largest absolute Gasteiger partial charge is 0.497 e. The second-order valence-electron chi connectivity index (χ2n) is 10.1. The number of ether oxygens (including phenoxy) is 5. The van der Waals surface area contributed by atoms with E-state index in [0.29, 0.717) is 35.7 Å². The summed E-state index contributed by atoms with van der Waals surface area (Å²) in [7, 11) is 4.57. The van der Waals surface area contributed by atoms with Gasteiger partial charge in [-0.2, -0.15) is 0 Å². The number of azide groups is 1. The number of nitrogens with zero attached hydrogens (tertiary/aromatic N) is 4. The van der Waals surface area contributed by atoms with Gasteiger partial charge in [0, 0.05) is 44.1 Å². The zero-order valence-corrected chi connectivity index (χ0v) is 25.5. The molecule has 238 valence electrons. The van der Waals surface area contributed by atoms with E-state index in [-0.39, 0.29) is 32.0 Å². The molecule has 3 N–H and O–H groups in total. The number of aliphatic imine (C=N–C) groups is 1.